The maximum Gasteiger partial charge on any atom is 0.266 e. The number of aromatic nitrogens is 2. The van der Waals surface area contributed by atoms with Crippen molar-refractivity contribution < 1.29 is 4.79 Å². The average Bonchev–Trinajstić information content (AvgIpc) is 3.12. The summed E-state index contributed by atoms with van der Waals surface area (Å²) >= 11 is 1.39. The van der Waals surface area contributed by atoms with E-state index in [4.69, 9.17) is 5.26 Å². The lowest BCUT2D eigenvalue weighted by atomic mass is 9.99. The number of hydrogen-bond donors (Lipinski definition) is 2. The van der Waals surface area contributed by atoms with Gasteiger partial charge in [0.05, 0.1) is 5.69 Å². The van der Waals surface area contributed by atoms with Gasteiger partial charge in [-0.05, 0) is 62.4 Å². The monoisotopic (exact) mass is 406 g/mol. The van der Waals surface area contributed by atoms with Gasteiger partial charge >= 0.3 is 0 Å². The Morgan fingerprint density at radius 3 is 2.69 bits per heavy atom. The minimum atomic E-state index is -0.391. The summed E-state index contributed by atoms with van der Waals surface area (Å²) in [7, 11) is 0. The summed E-state index contributed by atoms with van der Waals surface area (Å²) in [5, 5.41) is 14.5. The fourth-order valence-electron chi connectivity index (χ4n) is 3.21. The number of hydrogen-bond acceptors (Lipinski definition) is 5. The zero-order valence-corrected chi connectivity index (χ0v) is 17.7. The molecule has 0 aliphatic heterocycles. The quantitative estimate of drug-likeness (QED) is 0.664. The highest BCUT2D eigenvalue weighted by Crippen LogP contribution is 2.26. The van der Waals surface area contributed by atoms with E-state index in [0.717, 1.165) is 16.8 Å². The van der Waals surface area contributed by atoms with Gasteiger partial charge in [0, 0.05) is 23.1 Å². The second kappa shape index (κ2) is 8.41. The van der Waals surface area contributed by atoms with Gasteiger partial charge in [0.15, 0.2) is 5.13 Å². The number of rotatable bonds is 5. The first kappa shape index (κ1) is 20.5. The van der Waals surface area contributed by atoms with E-state index < -0.39 is 5.56 Å². The van der Waals surface area contributed by atoms with Crippen molar-refractivity contribution in [2.75, 3.05) is 5.32 Å². The first-order valence-electron chi connectivity index (χ1n) is 9.25. The standard InChI is InChI=1S/C22H22N4O2S/c1-12-5-6-16(9-13(12)2)19-11-29-22(25-19)26-20(27)8-7-17-14(3)18(10-23)21(28)24-15(17)4/h5-6,9,11H,7-8H2,1-4H3,(H,24,28)(H,25,26,27). The van der Waals surface area contributed by atoms with Gasteiger partial charge in [0.25, 0.3) is 5.56 Å². The molecule has 3 aromatic rings. The Balaban J connectivity index is 1.68. The van der Waals surface area contributed by atoms with Crippen molar-refractivity contribution in [3.05, 3.63) is 67.4 Å². The maximum atomic E-state index is 12.4. The van der Waals surface area contributed by atoms with E-state index in [-0.39, 0.29) is 17.9 Å². The molecule has 0 radical (unpaired) electrons. The van der Waals surface area contributed by atoms with E-state index in [1.807, 2.05) is 17.5 Å². The van der Waals surface area contributed by atoms with Crippen LogP contribution in [0.1, 0.15) is 39.9 Å². The van der Waals surface area contributed by atoms with Crippen molar-refractivity contribution in [3.63, 3.8) is 0 Å². The molecule has 0 spiro atoms. The third-order valence-electron chi connectivity index (χ3n) is 5.08. The fraction of sp³-hybridized carbons (Fsp3) is 0.273. The number of amides is 1. The second-order valence-corrected chi connectivity index (χ2v) is 7.91. The average molecular weight is 407 g/mol. The van der Waals surface area contributed by atoms with Gasteiger partial charge in [-0.3, -0.25) is 9.59 Å². The number of nitrogens with zero attached hydrogens (tertiary/aromatic N) is 2. The van der Waals surface area contributed by atoms with Gasteiger partial charge in [-0.15, -0.1) is 11.3 Å². The second-order valence-electron chi connectivity index (χ2n) is 7.05. The van der Waals surface area contributed by atoms with Crippen molar-refractivity contribution >= 4 is 22.4 Å². The molecule has 0 aliphatic carbocycles. The summed E-state index contributed by atoms with van der Waals surface area (Å²) in [5.74, 6) is -0.158. The maximum absolute atomic E-state index is 12.4. The van der Waals surface area contributed by atoms with Gasteiger partial charge in [-0.25, -0.2) is 4.98 Å². The minimum Gasteiger partial charge on any atom is -0.325 e. The smallest absolute Gasteiger partial charge is 0.266 e. The third kappa shape index (κ3) is 4.44. The molecular formula is C22H22N4O2S. The van der Waals surface area contributed by atoms with Crippen molar-refractivity contribution in [1.82, 2.24) is 9.97 Å². The molecule has 148 valence electrons. The highest BCUT2D eigenvalue weighted by molar-refractivity contribution is 7.14. The van der Waals surface area contributed by atoms with Crippen LogP contribution >= 0.6 is 11.3 Å². The van der Waals surface area contributed by atoms with E-state index >= 15 is 0 Å². The molecule has 0 saturated carbocycles. The van der Waals surface area contributed by atoms with E-state index in [0.29, 0.717) is 22.8 Å². The fourth-order valence-corrected chi connectivity index (χ4v) is 3.94. The lowest BCUT2D eigenvalue weighted by Crippen LogP contribution is -2.18. The number of carbonyl (C=O) groups is 1. The van der Waals surface area contributed by atoms with Crippen LogP contribution in [0.4, 0.5) is 5.13 Å². The molecule has 6 nitrogen and oxygen atoms in total. The number of aromatic amines is 1. The van der Waals surface area contributed by atoms with Crippen molar-refractivity contribution in [2.24, 2.45) is 0 Å². The molecule has 1 amide bonds. The molecular weight excluding hydrogens is 384 g/mol. The number of thiazole rings is 1. The molecule has 0 bridgehead atoms. The number of aryl methyl sites for hydroxylation is 3. The summed E-state index contributed by atoms with van der Waals surface area (Å²) in [6.45, 7) is 7.65. The highest BCUT2D eigenvalue weighted by Gasteiger charge is 2.14. The lowest BCUT2D eigenvalue weighted by molar-refractivity contribution is -0.116. The predicted molar refractivity (Wildman–Crippen MR) is 115 cm³/mol. The lowest BCUT2D eigenvalue weighted by Gasteiger charge is -2.10. The molecule has 0 atom stereocenters. The van der Waals surface area contributed by atoms with Gasteiger partial charge < -0.3 is 10.3 Å². The van der Waals surface area contributed by atoms with Crippen molar-refractivity contribution in [2.45, 2.75) is 40.5 Å². The summed E-state index contributed by atoms with van der Waals surface area (Å²) in [6, 6.07) is 8.11. The molecule has 2 N–H and O–H groups in total. The van der Waals surface area contributed by atoms with Crippen LogP contribution in [0.25, 0.3) is 11.3 Å². The molecule has 0 unspecified atom stereocenters. The third-order valence-corrected chi connectivity index (χ3v) is 5.83. The molecule has 0 aliphatic rings. The van der Waals surface area contributed by atoms with Crippen LogP contribution in [-0.4, -0.2) is 15.9 Å². The summed E-state index contributed by atoms with van der Waals surface area (Å²) < 4.78 is 0. The molecule has 0 saturated heterocycles. The van der Waals surface area contributed by atoms with Crippen LogP contribution in [0, 0.1) is 39.0 Å². The molecule has 0 fully saturated rings. The Kier molecular flexibility index (Phi) is 5.95. The Labute approximate surface area is 173 Å². The van der Waals surface area contributed by atoms with Gasteiger partial charge in [0.2, 0.25) is 5.91 Å². The Bertz CT molecular complexity index is 1180. The van der Waals surface area contributed by atoms with Crippen LogP contribution in [0.5, 0.6) is 0 Å². The first-order valence-corrected chi connectivity index (χ1v) is 10.1. The van der Waals surface area contributed by atoms with Crippen molar-refractivity contribution in [3.8, 4) is 17.3 Å². The largest absolute Gasteiger partial charge is 0.325 e. The number of H-pyrrole nitrogens is 1. The molecule has 7 heteroatoms. The topological polar surface area (TPSA) is 98.6 Å². The number of carbonyl (C=O) groups excluding carboxylic acids is 1. The molecule has 29 heavy (non-hydrogen) atoms. The van der Waals surface area contributed by atoms with Gasteiger partial charge in [0.1, 0.15) is 11.6 Å². The molecule has 2 aromatic heterocycles. The molecule has 2 heterocycles. The van der Waals surface area contributed by atoms with Crippen LogP contribution in [0.2, 0.25) is 0 Å². The Morgan fingerprint density at radius 1 is 1.24 bits per heavy atom. The van der Waals surface area contributed by atoms with Crippen LogP contribution in [0.15, 0.2) is 28.4 Å². The predicted octanol–water partition coefficient (Wildman–Crippen LogP) is 4.18. The van der Waals surface area contributed by atoms with E-state index in [2.05, 4.69) is 41.3 Å². The van der Waals surface area contributed by atoms with Gasteiger partial charge in [-0.2, -0.15) is 5.26 Å². The Hall–Kier alpha value is -3.24. The number of benzene rings is 1. The Morgan fingerprint density at radius 2 is 2.00 bits per heavy atom. The van der Waals surface area contributed by atoms with E-state index in [1.54, 1.807) is 13.8 Å². The summed E-state index contributed by atoms with van der Waals surface area (Å²) in [4.78, 5) is 31.4. The zero-order valence-electron chi connectivity index (χ0n) is 16.8. The number of pyridine rings is 1. The summed E-state index contributed by atoms with van der Waals surface area (Å²) in [6.07, 6.45) is 0.668. The van der Waals surface area contributed by atoms with Gasteiger partial charge in [-0.1, -0.05) is 12.1 Å². The number of nitrogens with one attached hydrogen (secondary N) is 2. The van der Waals surface area contributed by atoms with Crippen molar-refractivity contribution in [1.29, 1.82) is 5.26 Å². The zero-order chi connectivity index (χ0) is 21.1. The number of nitriles is 1. The SMILES string of the molecule is Cc1ccc(-c2csc(NC(=O)CCc3c(C)[nH]c(=O)c(C#N)c3C)n2)cc1C. The molecule has 3 rings (SSSR count). The highest BCUT2D eigenvalue weighted by atomic mass is 32.1. The summed E-state index contributed by atoms with van der Waals surface area (Å²) in [5.41, 5.74) is 6.13. The number of anilines is 1. The van der Waals surface area contributed by atoms with Crippen LogP contribution < -0.4 is 10.9 Å². The molecule has 1 aromatic carbocycles. The van der Waals surface area contributed by atoms with Crippen LogP contribution in [0.3, 0.4) is 0 Å². The first-order chi connectivity index (χ1) is 13.8. The van der Waals surface area contributed by atoms with Crippen LogP contribution in [-0.2, 0) is 11.2 Å². The van der Waals surface area contributed by atoms with E-state index in [1.165, 1.54) is 22.5 Å². The van der Waals surface area contributed by atoms with E-state index in [9.17, 15) is 9.59 Å². The normalized spacial score (nSPS) is 10.6. The minimum absolute atomic E-state index is 0.101.